The van der Waals surface area contributed by atoms with Gasteiger partial charge in [-0.25, -0.2) is 0 Å². The molecule has 0 unspecified atom stereocenters. The molecule has 120 valence electrons. The first-order valence-corrected chi connectivity index (χ1v) is 7.58. The van der Waals surface area contributed by atoms with E-state index in [4.69, 9.17) is 0 Å². The Balaban J connectivity index is 0.00000176. The Labute approximate surface area is 136 Å². The average molecular weight is 324 g/mol. The molecule has 1 saturated carbocycles. The zero-order valence-electron chi connectivity index (χ0n) is 12.7. The van der Waals surface area contributed by atoms with Gasteiger partial charge in [0.25, 0.3) is 5.91 Å². The van der Waals surface area contributed by atoms with Crippen molar-refractivity contribution in [2.45, 2.75) is 25.8 Å². The van der Waals surface area contributed by atoms with Crippen molar-refractivity contribution >= 4 is 29.9 Å². The van der Waals surface area contributed by atoms with Crippen molar-refractivity contribution < 1.29 is 9.59 Å². The molecule has 1 aliphatic carbocycles. The smallest absolute Gasteiger partial charge is 0.254 e. The van der Waals surface area contributed by atoms with Gasteiger partial charge >= 0.3 is 0 Å². The molecule has 2 fully saturated rings. The molecule has 1 aromatic carbocycles. The van der Waals surface area contributed by atoms with Gasteiger partial charge in [-0.2, -0.15) is 0 Å². The number of rotatable bonds is 3. The number of piperazine rings is 1. The van der Waals surface area contributed by atoms with E-state index in [9.17, 15) is 9.59 Å². The first-order chi connectivity index (χ1) is 10.1. The molecular weight excluding hydrogens is 302 g/mol. The second-order valence-corrected chi connectivity index (χ2v) is 5.90. The lowest BCUT2D eigenvalue weighted by Crippen LogP contribution is -2.52. The number of anilines is 1. The van der Waals surface area contributed by atoms with E-state index in [0.717, 1.165) is 32.5 Å². The lowest BCUT2D eigenvalue weighted by atomic mass is 10.1. The van der Waals surface area contributed by atoms with Gasteiger partial charge in [0.2, 0.25) is 5.91 Å². The second-order valence-electron chi connectivity index (χ2n) is 5.90. The van der Waals surface area contributed by atoms with Crippen LogP contribution in [0.2, 0.25) is 0 Å². The van der Waals surface area contributed by atoms with Crippen LogP contribution in [0.1, 0.15) is 30.1 Å². The van der Waals surface area contributed by atoms with Gasteiger partial charge in [0, 0.05) is 42.8 Å². The molecule has 2 N–H and O–H groups in total. The van der Waals surface area contributed by atoms with Gasteiger partial charge in [-0.1, -0.05) is 6.07 Å². The fourth-order valence-electron chi connectivity index (χ4n) is 2.63. The standard InChI is InChI=1S/C16H21N3O2.ClH/c1-11-10-17-7-8-19(11)16(21)13-3-2-4-14(9-13)18-15(20)12-5-6-12;/h2-4,9,11-12,17H,5-8,10H2,1H3,(H,18,20);1H/t11-;/m1./s1. The zero-order chi connectivity index (χ0) is 14.8. The summed E-state index contributed by atoms with van der Waals surface area (Å²) in [6, 6.07) is 7.43. The van der Waals surface area contributed by atoms with Gasteiger partial charge in [0.05, 0.1) is 0 Å². The number of hydrogen-bond acceptors (Lipinski definition) is 3. The lowest BCUT2D eigenvalue weighted by Gasteiger charge is -2.34. The number of carbonyl (C=O) groups excluding carboxylic acids is 2. The van der Waals surface area contributed by atoms with Crippen LogP contribution in [0, 0.1) is 5.92 Å². The summed E-state index contributed by atoms with van der Waals surface area (Å²) in [7, 11) is 0. The van der Waals surface area contributed by atoms with Crippen molar-refractivity contribution in [2.24, 2.45) is 5.92 Å². The minimum atomic E-state index is 0. The predicted molar refractivity (Wildman–Crippen MR) is 88.4 cm³/mol. The fourth-order valence-corrected chi connectivity index (χ4v) is 2.63. The monoisotopic (exact) mass is 323 g/mol. The Morgan fingerprint density at radius 3 is 2.77 bits per heavy atom. The normalized spacial score (nSPS) is 21.0. The van der Waals surface area contributed by atoms with Gasteiger partial charge in [0.1, 0.15) is 0 Å². The van der Waals surface area contributed by atoms with Crippen molar-refractivity contribution in [3.05, 3.63) is 29.8 Å². The molecule has 1 heterocycles. The van der Waals surface area contributed by atoms with Gasteiger partial charge in [-0.15, -0.1) is 12.4 Å². The molecule has 1 atom stereocenters. The molecule has 1 aliphatic heterocycles. The van der Waals surface area contributed by atoms with Crippen LogP contribution < -0.4 is 10.6 Å². The van der Waals surface area contributed by atoms with Crippen LogP contribution >= 0.6 is 12.4 Å². The zero-order valence-corrected chi connectivity index (χ0v) is 13.5. The molecule has 22 heavy (non-hydrogen) atoms. The third-order valence-corrected chi connectivity index (χ3v) is 4.09. The Morgan fingerprint density at radius 1 is 1.32 bits per heavy atom. The molecule has 1 saturated heterocycles. The Morgan fingerprint density at radius 2 is 2.09 bits per heavy atom. The topological polar surface area (TPSA) is 61.4 Å². The SMILES string of the molecule is C[C@@H]1CNCCN1C(=O)c1cccc(NC(=O)C2CC2)c1.Cl. The molecule has 6 heteroatoms. The number of benzene rings is 1. The second kappa shape index (κ2) is 7.11. The minimum Gasteiger partial charge on any atom is -0.333 e. The van der Waals surface area contributed by atoms with Crippen LogP contribution in [-0.4, -0.2) is 42.4 Å². The summed E-state index contributed by atoms with van der Waals surface area (Å²) in [4.78, 5) is 26.3. The third kappa shape index (κ3) is 3.78. The Hall–Kier alpha value is -1.59. The minimum absolute atomic E-state index is 0. The number of amides is 2. The molecule has 2 aliphatic rings. The first-order valence-electron chi connectivity index (χ1n) is 7.58. The van der Waals surface area contributed by atoms with Crippen LogP contribution in [0.5, 0.6) is 0 Å². The maximum atomic E-state index is 12.6. The number of nitrogens with zero attached hydrogens (tertiary/aromatic N) is 1. The van der Waals surface area contributed by atoms with Crippen LogP contribution in [0.25, 0.3) is 0 Å². The molecule has 0 radical (unpaired) electrons. The summed E-state index contributed by atoms with van der Waals surface area (Å²) in [6.07, 6.45) is 1.95. The van der Waals surface area contributed by atoms with E-state index in [0.29, 0.717) is 11.3 Å². The highest BCUT2D eigenvalue weighted by Gasteiger charge is 2.30. The first kappa shape index (κ1) is 16.8. The van der Waals surface area contributed by atoms with Gasteiger partial charge < -0.3 is 15.5 Å². The maximum Gasteiger partial charge on any atom is 0.254 e. The predicted octanol–water partition coefficient (Wildman–Crippen LogP) is 1.89. The number of halogens is 1. The molecule has 0 spiro atoms. The van der Waals surface area contributed by atoms with Crippen molar-refractivity contribution in [1.82, 2.24) is 10.2 Å². The van der Waals surface area contributed by atoms with Crippen molar-refractivity contribution in [3.8, 4) is 0 Å². The summed E-state index contributed by atoms with van der Waals surface area (Å²) in [6.45, 7) is 4.42. The number of carbonyl (C=O) groups is 2. The highest BCUT2D eigenvalue weighted by atomic mass is 35.5. The third-order valence-electron chi connectivity index (χ3n) is 4.09. The van der Waals surface area contributed by atoms with Gasteiger partial charge in [0.15, 0.2) is 0 Å². The van der Waals surface area contributed by atoms with E-state index in [1.807, 2.05) is 30.0 Å². The Kier molecular flexibility index (Phi) is 5.42. The van der Waals surface area contributed by atoms with E-state index in [-0.39, 0.29) is 36.2 Å². The summed E-state index contributed by atoms with van der Waals surface area (Å²) in [5.74, 6) is 0.263. The number of nitrogens with one attached hydrogen (secondary N) is 2. The summed E-state index contributed by atoms with van der Waals surface area (Å²) >= 11 is 0. The van der Waals surface area contributed by atoms with E-state index >= 15 is 0 Å². The molecule has 0 bridgehead atoms. The molecule has 3 rings (SSSR count). The van der Waals surface area contributed by atoms with Gasteiger partial charge in [-0.05, 0) is 38.0 Å². The van der Waals surface area contributed by atoms with Crippen LogP contribution in [-0.2, 0) is 4.79 Å². The van der Waals surface area contributed by atoms with Crippen LogP contribution in [0.15, 0.2) is 24.3 Å². The Bertz CT molecular complexity index is 560. The number of hydrogen-bond donors (Lipinski definition) is 2. The summed E-state index contributed by atoms with van der Waals surface area (Å²) < 4.78 is 0. The van der Waals surface area contributed by atoms with E-state index in [1.54, 1.807) is 6.07 Å². The fraction of sp³-hybridized carbons (Fsp3) is 0.500. The average Bonchev–Trinajstić information content (AvgIpc) is 3.32. The van der Waals surface area contributed by atoms with E-state index in [1.165, 1.54) is 0 Å². The van der Waals surface area contributed by atoms with Crippen LogP contribution in [0.3, 0.4) is 0 Å². The molecule has 1 aromatic rings. The highest BCUT2D eigenvalue weighted by Crippen LogP contribution is 2.30. The van der Waals surface area contributed by atoms with E-state index < -0.39 is 0 Å². The quantitative estimate of drug-likeness (QED) is 0.893. The lowest BCUT2D eigenvalue weighted by molar-refractivity contribution is -0.117. The van der Waals surface area contributed by atoms with E-state index in [2.05, 4.69) is 10.6 Å². The van der Waals surface area contributed by atoms with Crippen molar-refractivity contribution in [1.29, 1.82) is 0 Å². The maximum absolute atomic E-state index is 12.6. The molecule has 2 amide bonds. The van der Waals surface area contributed by atoms with Crippen molar-refractivity contribution in [3.63, 3.8) is 0 Å². The molecule has 0 aromatic heterocycles. The largest absolute Gasteiger partial charge is 0.333 e. The molecular formula is C16H22ClN3O2. The van der Waals surface area contributed by atoms with Gasteiger partial charge in [-0.3, -0.25) is 9.59 Å². The van der Waals surface area contributed by atoms with Crippen LogP contribution in [0.4, 0.5) is 5.69 Å². The molecule has 5 nitrogen and oxygen atoms in total. The van der Waals surface area contributed by atoms with Crippen molar-refractivity contribution in [2.75, 3.05) is 25.0 Å². The highest BCUT2D eigenvalue weighted by molar-refractivity contribution is 5.98. The summed E-state index contributed by atoms with van der Waals surface area (Å²) in [5, 5.41) is 6.17. The summed E-state index contributed by atoms with van der Waals surface area (Å²) in [5.41, 5.74) is 1.35.